The van der Waals surface area contributed by atoms with Crippen molar-refractivity contribution in [1.29, 1.82) is 0 Å². The molecule has 2 N–H and O–H groups in total. The molecule has 0 aliphatic carbocycles. The number of nitrogens with two attached hydrogens (primary N) is 1. The van der Waals surface area contributed by atoms with Gasteiger partial charge < -0.3 is 10.3 Å². The minimum absolute atomic E-state index is 0.298. The molecule has 0 spiro atoms. The molecule has 0 atom stereocenters. The van der Waals surface area contributed by atoms with Crippen LogP contribution in [-0.4, -0.2) is 9.55 Å². The molecule has 0 bridgehead atoms. The second-order valence-electron chi connectivity index (χ2n) is 4.74. The van der Waals surface area contributed by atoms with Crippen molar-refractivity contribution in [2.45, 2.75) is 6.54 Å². The molecule has 0 unspecified atom stereocenters. The maximum atomic E-state index is 13.6. The molecule has 1 aromatic heterocycles. The molecule has 0 aliphatic rings. The van der Waals surface area contributed by atoms with Crippen molar-refractivity contribution in [3.05, 3.63) is 70.7 Å². The molecule has 0 aliphatic heterocycles. The number of nitrogens with zero attached hydrogens (tertiary/aromatic N) is 2. The molecule has 0 saturated carbocycles. The van der Waals surface area contributed by atoms with Crippen LogP contribution in [0.5, 0.6) is 0 Å². The van der Waals surface area contributed by atoms with Crippen LogP contribution in [0.2, 0.25) is 0 Å². The van der Waals surface area contributed by atoms with Gasteiger partial charge in [0.15, 0.2) is 0 Å². The monoisotopic (exact) mass is 345 g/mol. The zero-order chi connectivity index (χ0) is 14.8. The molecule has 3 rings (SSSR count). The van der Waals surface area contributed by atoms with E-state index in [1.54, 1.807) is 6.20 Å². The van der Waals surface area contributed by atoms with Gasteiger partial charge in [0.2, 0.25) is 0 Å². The number of halogens is 2. The van der Waals surface area contributed by atoms with Gasteiger partial charge in [-0.15, -0.1) is 0 Å². The van der Waals surface area contributed by atoms with Gasteiger partial charge in [0, 0.05) is 28.1 Å². The first-order chi connectivity index (χ1) is 10.1. The largest absolute Gasteiger partial charge is 0.398 e. The standard InChI is InChI=1S/C16H13BrFN3/c17-13-7-12(8-14(18)9-13)16-20-5-6-21(16)10-11-3-1-2-4-15(11)19/h1-9H,10,19H2. The van der Waals surface area contributed by atoms with Crippen molar-refractivity contribution in [2.24, 2.45) is 0 Å². The van der Waals surface area contributed by atoms with Crippen LogP contribution in [0, 0.1) is 5.82 Å². The summed E-state index contributed by atoms with van der Waals surface area (Å²) in [5.74, 6) is 0.409. The number of imidazole rings is 1. The van der Waals surface area contributed by atoms with Gasteiger partial charge in [0.05, 0.1) is 6.54 Å². The predicted molar refractivity (Wildman–Crippen MR) is 85.3 cm³/mol. The van der Waals surface area contributed by atoms with E-state index in [0.717, 1.165) is 16.8 Å². The zero-order valence-electron chi connectivity index (χ0n) is 11.1. The quantitative estimate of drug-likeness (QED) is 0.726. The van der Waals surface area contributed by atoms with Crippen molar-refractivity contribution in [2.75, 3.05) is 5.73 Å². The number of benzene rings is 2. The first-order valence-electron chi connectivity index (χ1n) is 6.44. The van der Waals surface area contributed by atoms with Crippen LogP contribution >= 0.6 is 15.9 Å². The molecule has 1 heterocycles. The fraction of sp³-hybridized carbons (Fsp3) is 0.0625. The first-order valence-corrected chi connectivity index (χ1v) is 7.24. The highest BCUT2D eigenvalue weighted by Crippen LogP contribution is 2.24. The molecule has 2 aromatic carbocycles. The van der Waals surface area contributed by atoms with Crippen molar-refractivity contribution < 1.29 is 4.39 Å². The Balaban J connectivity index is 1.99. The third kappa shape index (κ3) is 2.97. The van der Waals surface area contributed by atoms with E-state index in [1.165, 1.54) is 12.1 Å². The second-order valence-corrected chi connectivity index (χ2v) is 5.65. The van der Waals surface area contributed by atoms with Gasteiger partial charge in [-0.2, -0.15) is 0 Å². The number of aromatic nitrogens is 2. The molecule has 3 nitrogen and oxygen atoms in total. The summed E-state index contributed by atoms with van der Waals surface area (Å²) < 4.78 is 16.2. The number of hydrogen-bond donors (Lipinski definition) is 1. The maximum absolute atomic E-state index is 13.6. The van der Waals surface area contributed by atoms with Crippen molar-refractivity contribution >= 4 is 21.6 Å². The molecule has 3 aromatic rings. The number of nitrogen functional groups attached to an aromatic ring is 1. The fourth-order valence-corrected chi connectivity index (χ4v) is 2.71. The van der Waals surface area contributed by atoms with Crippen LogP contribution in [-0.2, 0) is 6.54 Å². The van der Waals surface area contributed by atoms with Gasteiger partial charge in [-0.3, -0.25) is 0 Å². The summed E-state index contributed by atoms with van der Waals surface area (Å²) in [5, 5.41) is 0. The number of rotatable bonds is 3. The summed E-state index contributed by atoms with van der Waals surface area (Å²) in [5.41, 5.74) is 8.44. The zero-order valence-corrected chi connectivity index (χ0v) is 12.7. The van der Waals surface area contributed by atoms with Gasteiger partial charge in [-0.25, -0.2) is 9.37 Å². The number of hydrogen-bond acceptors (Lipinski definition) is 2. The highest BCUT2D eigenvalue weighted by atomic mass is 79.9. The Hall–Kier alpha value is -2.14. The topological polar surface area (TPSA) is 43.8 Å². The molecule has 5 heteroatoms. The number of para-hydroxylation sites is 1. The average Bonchev–Trinajstić information content (AvgIpc) is 2.88. The van der Waals surface area contributed by atoms with Crippen LogP contribution in [0.1, 0.15) is 5.56 Å². The molecule has 0 fully saturated rings. The van der Waals surface area contributed by atoms with Crippen LogP contribution in [0.15, 0.2) is 59.3 Å². The SMILES string of the molecule is Nc1ccccc1Cn1ccnc1-c1cc(F)cc(Br)c1. The lowest BCUT2D eigenvalue weighted by molar-refractivity contribution is 0.627. The Morgan fingerprint density at radius 1 is 1.19 bits per heavy atom. The van der Waals surface area contributed by atoms with Gasteiger partial charge in [0.1, 0.15) is 11.6 Å². The summed E-state index contributed by atoms with van der Waals surface area (Å²) in [6, 6.07) is 12.4. The molecule has 0 radical (unpaired) electrons. The van der Waals surface area contributed by atoms with Crippen LogP contribution in [0.4, 0.5) is 10.1 Å². The van der Waals surface area contributed by atoms with Gasteiger partial charge >= 0.3 is 0 Å². The number of anilines is 1. The Morgan fingerprint density at radius 3 is 2.76 bits per heavy atom. The van der Waals surface area contributed by atoms with E-state index in [2.05, 4.69) is 20.9 Å². The lowest BCUT2D eigenvalue weighted by Crippen LogP contribution is -2.04. The van der Waals surface area contributed by atoms with E-state index < -0.39 is 0 Å². The van der Waals surface area contributed by atoms with E-state index in [1.807, 2.05) is 41.1 Å². The van der Waals surface area contributed by atoms with E-state index in [0.29, 0.717) is 16.8 Å². The Labute approximate surface area is 130 Å². The maximum Gasteiger partial charge on any atom is 0.140 e. The van der Waals surface area contributed by atoms with Gasteiger partial charge in [0.25, 0.3) is 0 Å². The second kappa shape index (κ2) is 5.69. The fourth-order valence-electron chi connectivity index (χ4n) is 2.24. The lowest BCUT2D eigenvalue weighted by Gasteiger charge is -2.10. The van der Waals surface area contributed by atoms with Crippen LogP contribution < -0.4 is 5.73 Å². The van der Waals surface area contributed by atoms with Gasteiger partial charge in [-0.1, -0.05) is 34.1 Å². The molecule has 0 amide bonds. The third-order valence-corrected chi connectivity index (χ3v) is 3.69. The Bertz CT molecular complexity index is 762. The summed E-state index contributed by atoms with van der Waals surface area (Å²) in [7, 11) is 0. The normalized spacial score (nSPS) is 10.8. The Morgan fingerprint density at radius 2 is 2.00 bits per heavy atom. The summed E-state index contributed by atoms with van der Waals surface area (Å²) in [4.78, 5) is 4.33. The molecular formula is C16H13BrFN3. The molecule has 21 heavy (non-hydrogen) atoms. The lowest BCUT2D eigenvalue weighted by atomic mass is 10.1. The average molecular weight is 346 g/mol. The minimum atomic E-state index is -0.298. The van der Waals surface area contributed by atoms with Gasteiger partial charge in [-0.05, 0) is 29.8 Å². The summed E-state index contributed by atoms with van der Waals surface area (Å²) in [6.45, 7) is 0.593. The summed E-state index contributed by atoms with van der Waals surface area (Å²) >= 11 is 3.30. The molecule has 106 valence electrons. The van der Waals surface area contributed by atoms with E-state index in [9.17, 15) is 4.39 Å². The van der Waals surface area contributed by atoms with Crippen LogP contribution in [0.25, 0.3) is 11.4 Å². The molecular weight excluding hydrogens is 333 g/mol. The predicted octanol–water partition coefficient (Wildman–Crippen LogP) is 4.08. The highest BCUT2D eigenvalue weighted by Gasteiger charge is 2.09. The van der Waals surface area contributed by atoms with E-state index in [4.69, 9.17) is 5.73 Å². The Kier molecular flexibility index (Phi) is 3.75. The van der Waals surface area contributed by atoms with Crippen molar-refractivity contribution in [3.8, 4) is 11.4 Å². The summed E-state index contributed by atoms with van der Waals surface area (Å²) in [6.07, 6.45) is 3.56. The first kappa shape index (κ1) is 13.8. The minimum Gasteiger partial charge on any atom is -0.398 e. The van der Waals surface area contributed by atoms with E-state index in [-0.39, 0.29) is 5.82 Å². The van der Waals surface area contributed by atoms with Crippen molar-refractivity contribution in [1.82, 2.24) is 9.55 Å². The third-order valence-electron chi connectivity index (χ3n) is 3.23. The van der Waals surface area contributed by atoms with Crippen LogP contribution in [0.3, 0.4) is 0 Å². The molecule has 0 saturated heterocycles. The highest BCUT2D eigenvalue weighted by molar-refractivity contribution is 9.10. The smallest absolute Gasteiger partial charge is 0.140 e. The van der Waals surface area contributed by atoms with E-state index >= 15 is 0 Å². The van der Waals surface area contributed by atoms with Crippen molar-refractivity contribution in [3.63, 3.8) is 0 Å².